The molecule has 1 aliphatic rings. The smallest absolute Gasteiger partial charge is 0.418 e. The molecule has 0 unspecified atom stereocenters. The number of hydrogen-bond acceptors (Lipinski definition) is 7. The number of thiophene rings is 1. The van der Waals surface area contributed by atoms with Crippen molar-refractivity contribution in [1.82, 2.24) is 10.6 Å². The Morgan fingerprint density at radius 3 is 2.62 bits per heavy atom. The van der Waals surface area contributed by atoms with Gasteiger partial charge in [-0.3, -0.25) is 14.4 Å². The molecule has 1 fully saturated rings. The molecule has 0 saturated carbocycles. The number of hydrogen-bond donors (Lipinski definition) is 3. The Balaban J connectivity index is 1.79. The SMILES string of the molecule is CCOC(=O)N[C@@H](CNC(=O)c1ccc(Cl)s1)C(=O)Nc1ccc(N2CCOCC2=O)c(C(F)(F)F)c1. The van der Waals surface area contributed by atoms with E-state index in [1.807, 2.05) is 0 Å². The topological polar surface area (TPSA) is 126 Å². The molecule has 37 heavy (non-hydrogen) atoms. The zero-order valence-corrected chi connectivity index (χ0v) is 20.9. The summed E-state index contributed by atoms with van der Waals surface area (Å²) in [6.45, 7) is 0.805. The maximum absolute atomic E-state index is 13.8. The molecule has 1 aromatic heterocycles. The van der Waals surface area contributed by atoms with Crippen LogP contribution < -0.4 is 20.9 Å². The molecule has 15 heteroatoms. The maximum Gasteiger partial charge on any atom is 0.418 e. The second kappa shape index (κ2) is 12.3. The molecule has 0 radical (unpaired) electrons. The van der Waals surface area contributed by atoms with E-state index in [0.29, 0.717) is 10.4 Å². The average molecular weight is 563 g/mol. The van der Waals surface area contributed by atoms with Gasteiger partial charge in [-0.1, -0.05) is 11.6 Å². The second-order valence-corrected chi connectivity index (χ2v) is 9.26. The summed E-state index contributed by atoms with van der Waals surface area (Å²) in [5, 5.41) is 7.03. The Morgan fingerprint density at radius 1 is 1.24 bits per heavy atom. The highest BCUT2D eigenvalue weighted by molar-refractivity contribution is 7.18. The summed E-state index contributed by atoms with van der Waals surface area (Å²) in [6, 6.07) is 4.53. The van der Waals surface area contributed by atoms with Gasteiger partial charge < -0.3 is 30.3 Å². The lowest BCUT2D eigenvalue weighted by Gasteiger charge is -2.29. The first-order chi connectivity index (χ1) is 17.5. The normalized spacial score (nSPS) is 14.6. The largest absolute Gasteiger partial charge is 0.450 e. The predicted octanol–water partition coefficient (Wildman–Crippen LogP) is 3.27. The van der Waals surface area contributed by atoms with Gasteiger partial charge in [0.2, 0.25) is 5.91 Å². The molecule has 3 N–H and O–H groups in total. The third-order valence-corrected chi connectivity index (χ3v) is 6.22. The number of rotatable bonds is 8. The summed E-state index contributed by atoms with van der Waals surface area (Å²) in [4.78, 5) is 50.4. The number of morpholine rings is 1. The van der Waals surface area contributed by atoms with E-state index in [0.717, 1.165) is 22.3 Å². The second-order valence-electron chi connectivity index (χ2n) is 7.55. The highest BCUT2D eigenvalue weighted by atomic mass is 35.5. The Bertz CT molecular complexity index is 1180. The summed E-state index contributed by atoms with van der Waals surface area (Å²) >= 11 is 6.81. The van der Waals surface area contributed by atoms with Crippen LogP contribution in [0.5, 0.6) is 0 Å². The standard InChI is InChI=1S/C22H22ClF3N4O6S/c1-2-36-21(34)29-14(10-27-20(33)16-5-6-17(23)37-16)19(32)28-12-3-4-15(13(9-12)22(24,25)26)30-7-8-35-11-18(30)31/h3-6,9,14H,2,7-8,10-11H2,1H3,(H,27,33)(H,28,32)(H,29,34)/t14-/m0/s1. The van der Waals surface area contributed by atoms with E-state index in [4.69, 9.17) is 21.1 Å². The molecular weight excluding hydrogens is 541 g/mol. The van der Waals surface area contributed by atoms with Crippen LogP contribution in [0.3, 0.4) is 0 Å². The van der Waals surface area contributed by atoms with Crippen LogP contribution in [0.1, 0.15) is 22.2 Å². The number of alkyl halides is 3. The van der Waals surface area contributed by atoms with E-state index in [9.17, 15) is 32.3 Å². The summed E-state index contributed by atoms with van der Waals surface area (Å²) in [5.41, 5.74) is -1.76. The minimum absolute atomic E-state index is 0.00308. The van der Waals surface area contributed by atoms with E-state index in [-0.39, 0.29) is 42.6 Å². The van der Waals surface area contributed by atoms with E-state index in [1.165, 1.54) is 25.1 Å². The zero-order valence-electron chi connectivity index (χ0n) is 19.3. The zero-order chi connectivity index (χ0) is 27.2. The first kappa shape index (κ1) is 28.2. The Hall–Kier alpha value is -3.36. The number of alkyl carbamates (subject to hydrolysis) is 1. The van der Waals surface area contributed by atoms with Crippen molar-refractivity contribution >= 4 is 58.1 Å². The molecule has 2 heterocycles. The van der Waals surface area contributed by atoms with Crippen molar-refractivity contribution < 1.29 is 41.8 Å². The molecule has 0 aliphatic carbocycles. The van der Waals surface area contributed by atoms with Crippen LogP contribution in [0.4, 0.5) is 29.3 Å². The fraction of sp³-hybridized carbons (Fsp3) is 0.364. The molecule has 3 rings (SSSR count). The van der Waals surface area contributed by atoms with Crippen molar-refractivity contribution in [3.63, 3.8) is 0 Å². The number of halogens is 4. The van der Waals surface area contributed by atoms with Gasteiger partial charge in [-0.05, 0) is 37.3 Å². The molecule has 0 bridgehead atoms. The lowest BCUT2D eigenvalue weighted by Crippen LogP contribution is -2.50. The molecule has 1 aromatic carbocycles. The maximum atomic E-state index is 13.8. The van der Waals surface area contributed by atoms with Crippen LogP contribution in [0, 0.1) is 0 Å². The number of carbonyl (C=O) groups excluding carboxylic acids is 4. The van der Waals surface area contributed by atoms with Crippen molar-refractivity contribution in [3.8, 4) is 0 Å². The van der Waals surface area contributed by atoms with E-state index >= 15 is 0 Å². The van der Waals surface area contributed by atoms with E-state index < -0.39 is 48.1 Å². The highest BCUT2D eigenvalue weighted by Gasteiger charge is 2.37. The van der Waals surface area contributed by atoms with Crippen LogP contribution in [0.2, 0.25) is 4.34 Å². The fourth-order valence-electron chi connectivity index (χ4n) is 3.32. The molecule has 200 valence electrons. The van der Waals surface area contributed by atoms with Gasteiger partial charge in [0.15, 0.2) is 0 Å². The number of benzene rings is 1. The van der Waals surface area contributed by atoms with Gasteiger partial charge in [-0.25, -0.2) is 4.79 Å². The number of anilines is 2. The minimum Gasteiger partial charge on any atom is -0.450 e. The minimum atomic E-state index is -4.84. The molecule has 4 amide bonds. The summed E-state index contributed by atoms with van der Waals surface area (Å²) < 4.78 is 51.6. The Kier molecular flexibility index (Phi) is 9.34. The van der Waals surface area contributed by atoms with Gasteiger partial charge in [0.1, 0.15) is 12.6 Å². The number of carbonyl (C=O) groups is 4. The van der Waals surface area contributed by atoms with Crippen molar-refractivity contribution in [2.24, 2.45) is 0 Å². The van der Waals surface area contributed by atoms with Crippen LogP contribution >= 0.6 is 22.9 Å². The van der Waals surface area contributed by atoms with Gasteiger partial charge in [0.25, 0.3) is 11.8 Å². The van der Waals surface area contributed by atoms with Crippen LogP contribution in [0.25, 0.3) is 0 Å². The van der Waals surface area contributed by atoms with Gasteiger partial charge >= 0.3 is 12.3 Å². The van der Waals surface area contributed by atoms with Crippen molar-refractivity contribution in [1.29, 1.82) is 0 Å². The quantitative estimate of drug-likeness (QED) is 0.453. The lowest BCUT2D eigenvalue weighted by molar-refractivity contribution is -0.137. The van der Waals surface area contributed by atoms with Gasteiger partial charge in [-0.2, -0.15) is 13.2 Å². The molecule has 2 aromatic rings. The number of nitrogens with one attached hydrogen (secondary N) is 3. The summed E-state index contributed by atoms with van der Waals surface area (Å²) in [7, 11) is 0. The lowest BCUT2D eigenvalue weighted by atomic mass is 10.1. The monoisotopic (exact) mass is 562 g/mol. The molecular formula is C22H22ClF3N4O6S. The van der Waals surface area contributed by atoms with E-state index in [2.05, 4.69) is 16.0 Å². The van der Waals surface area contributed by atoms with Gasteiger partial charge in [0.05, 0.1) is 33.7 Å². The van der Waals surface area contributed by atoms with Crippen LogP contribution in [0.15, 0.2) is 30.3 Å². The molecule has 1 atom stereocenters. The third-order valence-electron chi connectivity index (χ3n) is 4.99. The third kappa shape index (κ3) is 7.57. The fourth-order valence-corrected chi connectivity index (χ4v) is 4.28. The number of nitrogens with zero attached hydrogens (tertiary/aromatic N) is 1. The molecule has 10 nitrogen and oxygen atoms in total. The highest BCUT2D eigenvalue weighted by Crippen LogP contribution is 2.38. The predicted molar refractivity (Wildman–Crippen MR) is 129 cm³/mol. The van der Waals surface area contributed by atoms with Gasteiger partial charge in [-0.15, -0.1) is 11.3 Å². The number of amides is 4. The average Bonchev–Trinajstić information content (AvgIpc) is 3.28. The van der Waals surface area contributed by atoms with E-state index in [1.54, 1.807) is 0 Å². The first-order valence-corrected chi connectivity index (χ1v) is 12.1. The van der Waals surface area contributed by atoms with Crippen LogP contribution in [-0.2, 0) is 25.2 Å². The van der Waals surface area contributed by atoms with Crippen molar-refractivity contribution in [2.45, 2.75) is 19.1 Å². The molecule has 1 aliphatic heterocycles. The number of ether oxygens (including phenoxy) is 2. The van der Waals surface area contributed by atoms with Gasteiger partial charge in [0, 0.05) is 18.8 Å². The molecule has 1 saturated heterocycles. The van der Waals surface area contributed by atoms with Crippen molar-refractivity contribution in [3.05, 3.63) is 45.1 Å². The Morgan fingerprint density at radius 2 is 2.00 bits per heavy atom. The summed E-state index contributed by atoms with van der Waals surface area (Å²) in [5.74, 6) is -2.12. The van der Waals surface area contributed by atoms with Crippen molar-refractivity contribution in [2.75, 3.05) is 43.1 Å². The molecule has 0 spiro atoms. The first-order valence-electron chi connectivity index (χ1n) is 10.9. The summed E-state index contributed by atoms with van der Waals surface area (Å²) in [6.07, 6.45) is -5.80. The Labute approximate surface area is 218 Å². The van der Waals surface area contributed by atoms with Crippen LogP contribution in [-0.4, -0.2) is 62.8 Å².